The van der Waals surface area contributed by atoms with Crippen molar-refractivity contribution in [1.29, 1.82) is 0 Å². The van der Waals surface area contributed by atoms with Gasteiger partial charge in [0.1, 0.15) is 5.75 Å². The Morgan fingerprint density at radius 1 is 1.35 bits per heavy atom. The summed E-state index contributed by atoms with van der Waals surface area (Å²) in [6.45, 7) is 4.72. The molecule has 20 heavy (non-hydrogen) atoms. The lowest BCUT2D eigenvalue weighted by Gasteiger charge is -2.02. The van der Waals surface area contributed by atoms with Crippen molar-refractivity contribution in [2.45, 2.75) is 26.7 Å². The van der Waals surface area contributed by atoms with E-state index in [0.717, 1.165) is 30.0 Å². The number of hydrogen-bond donors (Lipinski definition) is 1. The fourth-order valence-corrected chi connectivity index (χ4v) is 1.97. The van der Waals surface area contributed by atoms with Gasteiger partial charge >= 0.3 is 0 Å². The molecule has 6 heteroatoms. The van der Waals surface area contributed by atoms with E-state index in [9.17, 15) is 0 Å². The average Bonchev–Trinajstić information content (AvgIpc) is 2.80. The van der Waals surface area contributed by atoms with Gasteiger partial charge in [0.2, 0.25) is 4.77 Å². The molecule has 0 atom stereocenters. The van der Waals surface area contributed by atoms with Crippen LogP contribution in [0.3, 0.4) is 0 Å². The van der Waals surface area contributed by atoms with Crippen LogP contribution in [0.2, 0.25) is 0 Å². The third-order valence-electron chi connectivity index (χ3n) is 2.70. The molecule has 0 amide bonds. The van der Waals surface area contributed by atoms with Gasteiger partial charge in [-0.05, 0) is 55.4 Å². The van der Waals surface area contributed by atoms with E-state index in [1.165, 1.54) is 0 Å². The van der Waals surface area contributed by atoms with E-state index in [4.69, 9.17) is 17.0 Å². The van der Waals surface area contributed by atoms with E-state index in [1.54, 1.807) is 10.9 Å². The van der Waals surface area contributed by atoms with E-state index in [1.807, 2.05) is 31.2 Å². The van der Waals surface area contributed by atoms with Crippen LogP contribution in [0.25, 0.3) is 0 Å². The van der Waals surface area contributed by atoms with Gasteiger partial charge in [-0.15, -0.1) is 0 Å². The molecule has 0 aliphatic rings. The minimum absolute atomic E-state index is 0.510. The molecule has 1 heterocycles. The topological polar surface area (TPSA) is 55.2 Å². The van der Waals surface area contributed by atoms with Crippen molar-refractivity contribution in [2.24, 2.45) is 5.10 Å². The van der Waals surface area contributed by atoms with E-state index in [0.29, 0.717) is 11.4 Å². The molecule has 106 valence electrons. The summed E-state index contributed by atoms with van der Waals surface area (Å²) in [7, 11) is 0. The maximum absolute atomic E-state index is 5.40. The van der Waals surface area contributed by atoms with Crippen molar-refractivity contribution < 1.29 is 4.74 Å². The number of aryl methyl sites for hydroxylation is 1. The van der Waals surface area contributed by atoms with Crippen molar-refractivity contribution in [3.8, 4) is 5.75 Å². The molecule has 0 spiro atoms. The number of aromatic nitrogens is 3. The molecule has 0 bridgehead atoms. The van der Waals surface area contributed by atoms with Gasteiger partial charge in [0.25, 0.3) is 0 Å². The number of aromatic amines is 1. The zero-order chi connectivity index (χ0) is 14.4. The number of ether oxygens (including phenoxy) is 1. The smallest absolute Gasteiger partial charge is 0.216 e. The van der Waals surface area contributed by atoms with Gasteiger partial charge in [-0.3, -0.25) is 5.10 Å². The molecule has 0 unspecified atom stereocenters. The first kappa shape index (κ1) is 14.5. The Kier molecular flexibility index (Phi) is 5.06. The number of nitrogens with zero attached hydrogens (tertiary/aromatic N) is 3. The summed E-state index contributed by atoms with van der Waals surface area (Å²) < 4.78 is 7.57. The maximum atomic E-state index is 5.40. The van der Waals surface area contributed by atoms with Gasteiger partial charge in [-0.1, -0.05) is 6.92 Å². The van der Waals surface area contributed by atoms with Gasteiger partial charge in [0.15, 0.2) is 5.82 Å². The highest BCUT2D eigenvalue weighted by molar-refractivity contribution is 7.71. The lowest BCUT2D eigenvalue weighted by atomic mass is 10.2. The fourth-order valence-electron chi connectivity index (χ4n) is 1.77. The second-order valence-electron chi connectivity index (χ2n) is 4.25. The molecule has 2 rings (SSSR count). The van der Waals surface area contributed by atoms with Crippen molar-refractivity contribution in [1.82, 2.24) is 14.9 Å². The number of rotatable bonds is 6. The van der Waals surface area contributed by atoms with Crippen molar-refractivity contribution in [2.75, 3.05) is 6.61 Å². The van der Waals surface area contributed by atoms with Crippen LogP contribution in [0.5, 0.6) is 5.75 Å². The molecule has 0 aliphatic heterocycles. The third-order valence-corrected chi connectivity index (χ3v) is 2.97. The Labute approximate surface area is 123 Å². The molecule has 0 saturated carbocycles. The molecule has 0 aliphatic carbocycles. The average molecular weight is 290 g/mol. The van der Waals surface area contributed by atoms with Crippen LogP contribution in [0, 0.1) is 4.77 Å². The van der Waals surface area contributed by atoms with Crippen molar-refractivity contribution in [3.05, 3.63) is 40.4 Å². The first-order valence-corrected chi connectivity index (χ1v) is 7.09. The highest BCUT2D eigenvalue weighted by Crippen LogP contribution is 2.11. The maximum Gasteiger partial charge on any atom is 0.216 e. The zero-order valence-electron chi connectivity index (χ0n) is 11.7. The Morgan fingerprint density at radius 3 is 2.75 bits per heavy atom. The lowest BCUT2D eigenvalue weighted by Crippen LogP contribution is -1.98. The molecular formula is C14H18N4OS. The normalized spacial score (nSPS) is 11.1. The van der Waals surface area contributed by atoms with Crippen LogP contribution in [0.1, 0.15) is 31.7 Å². The molecule has 0 saturated heterocycles. The summed E-state index contributed by atoms with van der Waals surface area (Å²) >= 11 is 5.17. The fraction of sp³-hybridized carbons (Fsp3) is 0.357. The molecule has 1 aromatic heterocycles. The van der Waals surface area contributed by atoms with E-state index < -0.39 is 0 Å². The van der Waals surface area contributed by atoms with Gasteiger partial charge in [0, 0.05) is 6.42 Å². The Balaban J connectivity index is 2.16. The number of H-pyrrole nitrogens is 1. The summed E-state index contributed by atoms with van der Waals surface area (Å²) in [5.74, 6) is 1.70. The highest BCUT2D eigenvalue weighted by atomic mass is 32.1. The van der Waals surface area contributed by atoms with Gasteiger partial charge < -0.3 is 4.74 Å². The van der Waals surface area contributed by atoms with E-state index in [2.05, 4.69) is 22.2 Å². The Morgan fingerprint density at radius 2 is 2.10 bits per heavy atom. The second-order valence-corrected chi connectivity index (χ2v) is 4.64. The summed E-state index contributed by atoms with van der Waals surface area (Å²) in [4.78, 5) is 0. The summed E-state index contributed by atoms with van der Waals surface area (Å²) in [6, 6.07) is 7.76. The van der Waals surface area contributed by atoms with Crippen LogP contribution in [0.15, 0.2) is 29.4 Å². The van der Waals surface area contributed by atoms with Crippen molar-refractivity contribution in [3.63, 3.8) is 0 Å². The van der Waals surface area contributed by atoms with E-state index in [-0.39, 0.29) is 0 Å². The van der Waals surface area contributed by atoms with Crippen LogP contribution >= 0.6 is 12.2 Å². The predicted octanol–water partition coefficient (Wildman–Crippen LogP) is 3.17. The first-order chi connectivity index (χ1) is 9.74. The van der Waals surface area contributed by atoms with Gasteiger partial charge in [-0.25, -0.2) is 0 Å². The SMILES string of the molecule is CCCc1n[nH]c(=S)n1/N=C\c1ccc(OCC)cc1. The Bertz CT molecular complexity index is 627. The van der Waals surface area contributed by atoms with Gasteiger partial charge in [0.05, 0.1) is 12.8 Å². The van der Waals surface area contributed by atoms with Crippen molar-refractivity contribution >= 4 is 18.4 Å². The summed E-state index contributed by atoms with van der Waals surface area (Å²) in [6.07, 6.45) is 3.60. The molecule has 1 N–H and O–H groups in total. The minimum atomic E-state index is 0.510. The zero-order valence-corrected chi connectivity index (χ0v) is 12.5. The molecular weight excluding hydrogens is 272 g/mol. The molecule has 1 aromatic carbocycles. The highest BCUT2D eigenvalue weighted by Gasteiger charge is 2.02. The van der Waals surface area contributed by atoms with E-state index >= 15 is 0 Å². The number of hydrogen-bond acceptors (Lipinski definition) is 4. The molecule has 0 radical (unpaired) electrons. The quantitative estimate of drug-likeness (QED) is 0.656. The molecule has 5 nitrogen and oxygen atoms in total. The van der Waals surface area contributed by atoms with Crippen LogP contribution in [-0.4, -0.2) is 27.7 Å². The number of benzene rings is 1. The largest absolute Gasteiger partial charge is 0.494 e. The molecule has 2 aromatic rings. The third kappa shape index (κ3) is 3.54. The monoisotopic (exact) mass is 290 g/mol. The Hall–Kier alpha value is -1.95. The first-order valence-electron chi connectivity index (χ1n) is 6.68. The standard InChI is InChI=1S/C14H18N4OS/c1-3-5-13-16-17-14(20)18(13)15-10-11-6-8-12(9-7-11)19-4-2/h6-10H,3-5H2,1-2H3,(H,17,20)/b15-10-. The summed E-state index contributed by atoms with van der Waals surface area (Å²) in [5, 5.41) is 11.3. The van der Waals surface area contributed by atoms with Crippen LogP contribution < -0.4 is 4.74 Å². The number of nitrogens with one attached hydrogen (secondary N) is 1. The molecule has 0 fully saturated rings. The predicted molar refractivity (Wildman–Crippen MR) is 82.0 cm³/mol. The second kappa shape index (κ2) is 7.00. The van der Waals surface area contributed by atoms with Crippen LogP contribution in [-0.2, 0) is 6.42 Å². The minimum Gasteiger partial charge on any atom is -0.494 e. The lowest BCUT2D eigenvalue weighted by molar-refractivity contribution is 0.340. The van der Waals surface area contributed by atoms with Gasteiger partial charge in [-0.2, -0.15) is 14.9 Å². The van der Waals surface area contributed by atoms with Crippen LogP contribution in [0.4, 0.5) is 0 Å². The summed E-state index contributed by atoms with van der Waals surface area (Å²) in [5.41, 5.74) is 0.985.